The molecule has 0 aliphatic heterocycles. The standard InChI is InChI=1S/C15H9BrClFN2/c1-8-2-4-9(5-3-8)15-19-13-11(14(17)20-15)6-10(16)7-12(13)18/h2-7H,1H3. The summed E-state index contributed by atoms with van der Waals surface area (Å²) in [5.41, 5.74) is 2.17. The highest BCUT2D eigenvalue weighted by Crippen LogP contribution is 2.29. The van der Waals surface area contributed by atoms with Gasteiger partial charge >= 0.3 is 0 Å². The van der Waals surface area contributed by atoms with Gasteiger partial charge in [0.2, 0.25) is 0 Å². The van der Waals surface area contributed by atoms with Gasteiger partial charge in [-0.15, -0.1) is 0 Å². The molecule has 0 atom stereocenters. The van der Waals surface area contributed by atoms with Gasteiger partial charge in [-0.25, -0.2) is 14.4 Å². The van der Waals surface area contributed by atoms with Gasteiger partial charge in [-0.05, 0) is 19.1 Å². The highest BCUT2D eigenvalue weighted by Gasteiger charge is 2.12. The van der Waals surface area contributed by atoms with Crippen LogP contribution in [0, 0.1) is 12.7 Å². The van der Waals surface area contributed by atoms with Crippen molar-refractivity contribution < 1.29 is 4.39 Å². The Morgan fingerprint density at radius 1 is 1.10 bits per heavy atom. The molecule has 100 valence electrons. The molecule has 0 spiro atoms. The maximum absolute atomic E-state index is 14.0. The highest BCUT2D eigenvalue weighted by atomic mass is 79.9. The lowest BCUT2D eigenvalue weighted by atomic mass is 10.1. The first-order valence-corrected chi connectivity index (χ1v) is 7.11. The normalized spacial score (nSPS) is 11.0. The molecule has 0 bridgehead atoms. The van der Waals surface area contributed by atoms with Gasteiger partial charge in [0.1, 0.15) is 10.7 Å². The van der Waals surface area contributed by atoms with E-state index >= 15 is 0 Å². The smallest absolute Gasteiger partial charge is 0.161 e. The average molecular weight is 352 g/mol. The fourth-order valence-electron chi connectivity index (χ4n) is 1.95. The molecule has 0 fully saturated rings. The van der Waals surface area contributed by atoms with E-state index in [2.05, 4.69) is 25.9 Å². The number of fused-ring (bicyclic) bond motifs is 1. The summed E-state index contributed by atoms with van der Waals surface area (Å²) < 4.78 is 14.6. The number of nitrogens with zero attached hydrogens (tertiary/aromatic N) is 2. The molecule has 3 rings (SSSR count). The molecule has 20 heavy (non-hydrogen) atoms. The van der Waals surface area contributed by atoms with Crippen molar-refractivity contribution in [2.24, 2.45) is 0 Å². The molecular weight excluding hydrogens is 343 g/mol. The van der Waals surface area contributed by atoms with Gasteiger partial charge in [-0.3, -0.25) is 0 Å². The first-order chi connectivity index (χ1) is 9.54. The summed E-state index contributed by atoms with van der Waals surface area (Å²) in [6.45, 7) is 2.00. The second kappa shape index (κ2) is 5.11. The van der Waals surface area contributed by atoms with E-state index in [0.717, 1.165) is 11.1 Å². The summed E-state index contributed by atoms with van der Waals surface area (Å²) in [4.78, 5) is 8.54. The van der Waals surface area contributed by atoms with Crippen LogP contribution in [-0.4, -0.2) is 9.97 Å². The van der Waals surface area contributed by atoms with E-state index in [1.54, 1.807) is 6.07 Å². The van der Waals surface area contributed by atoms with E-state index < -0.39 is 5.82 Å². The van der Waals surface area contributed by atoms with Gasteiger partial charge in [0.25, 0.3) is 0 Å². The zero-order valence-corrected chi connectivity index (χ0v) is 12.8. The van der Waals surface area contributed by atoms with Gasteiger partial charge in [0.15, 0.2) is 11.6 Å². The Morgan fingerprint density at radius 2 is 1.80 bits per heavy atom. The molecule has 0 saturated heterocycles. The molecule has 2 nitrogen and oxygen atoms in total. The monoisotopic (exact) mass is 350 g/mol. The molecule has 3 aromatic rings. The maximum atomic E-state index is 14.0. The van der Waals surface area contributed by atoms with Crippen LogP contribution in [0.2, 0.25) is 5.15 Å². The van der Waals surface area contributed by atoms with Crippen LogP contribution < -0.4 is 0 Å². The molecule has 0 amide bonds. The Bertz CT molecular complexity index is 803. The molecule has 5 heteroatoms. The van der Waals surface area contributed by atoms with Crippen LogP contribution in [0.5, 0.6) is 0 Å². The van der Waals surface area contributed by atoms with Crippen LogP contribution in [0.4, 0.5) is 4.39 Å². The minimum absolute atomic E-state index is 0.226. The molecule has 0 saturated carbocycles. The molecule has 0 aliphatic rings. The van der Waals surface area contributed by atoms with Crippen LogP contribution in [0.15, 0.2) is 40.9 Å². The summed E-state index contributed by atoms with van der Waals surface area (Å²) in [5.74, 6) is -0.00393. The lowest BCUT2D eigenvalue weighted by Crippen LogP contribution is -1.94. The number of hydrogen-bond acceptors (Lipinski definition) is 2. The van der Waals surface area contributed by atoms with Crippen molar-refractivity contribution >= 4 is 38.4 Å². The Morgan fingerprint density at radius 3 is 2.50 bits per heavy atom. The number of rotatable bonds is 1. The van der Waals surface area contributed by atoms with Gasteiger partial charge in [0, 0.05) is 15.4 Å². The molecule has 0 aliphatic carbocycles. The number of aryl methyl sites for hydroxylation is 1. The lowest BCUT2D eigenvalue weighted by molar-refractivity contribution is 0.636. The maximum Gasteiger partial charge on any atom is 0.161 e. The van der Waals surface area contributed by atoms with E-state index in [0.29, 0.717) is 15.7 Å². The fourth-order valence-corrected chi connectivity index (χ4v) is 2.61. The summed E-state index contributed by atoms with van der Waals surface area (Å²) in [7, 11) is 0. The second-order valence-electron chi connectivity index (χ2n) is 4.49. The van der Waals surface area contributed by atoms with Crippen molar-refractivity contribution in [1.29, 1.82) is 0 Å². The van der Waals surface area contributed by atoms with Crippen molar-refractivity contribution in [2.45, 2.75) is 6.92 Å². The summed E-state index contributed by atoms with van der Waals surface area (Å²) in [5, 5.41) is 0.736. The van der Waals surface area contributed by atoms with Crippen molar-refractivity contribution in [3.63, 3.8) is 0 Å². The van der Waals surface area contributed by atoms with Gasteiger partial charge in [-0.2, -0.15) is 0 Å². The predicted molar refractivity (Wildman–Crippen MR) is 82.4 cm³/mol. The number of benzene rings is 2. The Balaban J connectivity index is 2.26. The third-order valence-electron chi connectivity index (χ3n) is 2.98. The van der Waals surface area contributed by atoms with Crippen LogP contribution in [0.3, 0.4) is 0 Å². The number of hydrogen-bond donors (Lipinski definition) is 0. The van der Waals surface area contributed by atoms with Crippen molar-refractivity contribution in [2.75, 3.05) is 0 Å². The Kier molecular flexibility index (Phi) is 3.44. The minimum atomic E-state index is -0.424. The summed E-state index contributed by atoms with van der Waals surface area (Å²) in [6.07, 6.45) is 0. The molecule has 0 radical (unpaired) electrons. The van der Waals surface area contributed by atoms with Gasteiger partial charge in [-0.1, -0.05) is 57.4 Å². The van der Waals surface area contributed by atoms with Crippen molar-refractivity contribution in [3.8, 4) is 11.4 Å². The molecule has 1 heterocycles. The van der Waals surface area contributed by atoms with Gasteiger partial charge < -0.3 is 0 Å². The Hall–Kier alpha value is -1.52. The Labute approximate surface area is 128 Å². The van der Waals surface area contributed by atoms with E-state index in [9.17, 15) is 4.39 Å². The van der Waals surface area contributed by atoms with Crippen molar-refractivity contribution in [1.82, 2.24) is 9.97 Å². The minimum Gasteiger partial charge on any atom is -0.225 e. The SMILES string of the molecule is Cc1ccc(-c2nc(Cl)c3cc(Br)cc(F)c3n2)cc1. The van der Waals surface area contributed by atoms with Crippen LogP contribution >= 0.6 is 27.5 Å². The number of aromatic nitrogens is 2. The van der Waals surface area contributed by atoms with Crippen molar-refractivity contribution in [3.05, 3.63) is 57.4 Å². The molecule has 0 N–H and O–H groups in total. The topological polar surface area (TPSA) is 25.8 Å². The first-order valence-electron chi connectivity index (χ1n) is 5.94. The predicted octanol–water partition coefficient (Wildman–Crippen LogP) is 5.16. The quantitative estimate of drug-likeness (QED) is 0.566. The third-order valence-corrected chi connectivity index (χ3v) is 3.73. The van der Waals surface area contributed by atoms with Crippen LogP contribution in [-0.2, 0) is 0 Å². The summed E-state index contributed by atoms with van der Waals surface area (Å²) >= 11 is 9.38. The van der Waals surface area contributed by atoms with E-state index in [4.69, 9.17) is 11.6 Å². The molecule has 2 aromatic carbocycles. The average Bonchev–Trinajstić information content (AvgIpc) is 2.40. The van der Waals surface area contributed by atoms with Crippen LogP contribution in [0.25, 0.3) is 22.3 Å². The highest BCUT2D eigenvalue weighted by molar-refractivity contribution is 9.10. The largest absolute Gasteiger partial charge is 0.225 e. The lowest BCUT2D eigenvalue weighted by Gasteiger charge is -2.06. The molecule has 0 unspecified atom stereocenters. The van der Waals surface area contributed by atoms with E-state index in [-0.39, 0.29) is 10.7 Å². The van der Waals surface area contributed by atoms with E-state index in [1.165, 1.54) is 6.07 Å². The molecular formula is C15H9BrClFN2. The zero-order chi connectivity index (χ0) is 14.3. The molecule has 1 aromatic heterocycles. The van der Waals surface area contributed by atoms with E-state index in [1.807, 2.05) is 31.2 Å². The first kappa shape index (κ1) is 13.5. The van der Waals surface area contributed by atoms with Crippen LogP contribution in [0.1, 0.15) is 5.56 Å². The second-order valence-corrected chi connectivity index (χ2v) is 5.76. The fraction of sp³-hybridized carbons (Fsp3) is 0.0667. The number of halogens is 3. The summed E-state index contributed by atoms with van der Waals surface area (Å²) in [6, 6.07) is 10.8. The third kappa shape index (κ3) is 2.41. The zero-order valence-electron chi connectivity index (χ0n) is 10.5. The van der Waals surface area contributed by atoms with Gasteiger partial charge in [0.05, 0.1) is 0 Å².